The molecule has 2 aromatic carbocycles. The summed E-state index contributed by atoms with van der Waals surface area (Å²) >= 11 is 0. The summed E-state index contributed by atoms with van der Waals surface area (Å²) in [6.07, 6.45) is 2.83. The van der Waals surface area contributed by atoms with E-state index in [1.54, 1.807) is 0 Å². The first kappa shape index (κ1) is 18.0. The SMILES string of the molecule is Cc1ccccc1CS(=O)(=O)Nc1ccc2c(c1)CN(C(=O)C1CC1)CC2. The average Bonchev–Trinajstić information content (AvgIpc) is 3.47. The molecule has 5 nitrogen and oxygen atoms in total. The summed E-state index contributed by atoms with van der Waals surface area (Å²) in [5.41, 5.74) is 4.54. The zero-order valence-corrected chi connectivity index (χ0v) is 16.3. The molecule has 0 atom stereocenters. The number of carbonyl (C=O) groups excluding carboxylic acids is 1. The van der Waals surface area contributed by atoms with E-state index in [1.165, 1.54) is 5.56 Å². The number of amides is 1. The number of anilines is 1. The molecule has 2 aromatic rings. The lowest BCUT2D eigenvalue weighted by Crippen LogP contribution is -2.36. The zero-order chi connectivity index (χ0) is 19.0. The highest BCUT2D eigenvalue weighted by Gasteiger charge is 2.34. The van der Waals surface area contributed by atoms with Crippen LogP contribution in [0.1, 0.15) is 35.1 Å². The first-order valence-electron chi connectivity index (χ1n) is 9.37. The number of sulfonamides is 1. The van der Waals surface area contributed by atoms with Crippen LogP contribution in [0.3, 0.4) is 0 Å². The molecule has 27 heavy (non-hydrogen) atoms. The van der Waals surface area contributed by atoms with Crippen LogP contribution in [0.2, 0.25) is 0 Å². The first-order chi connectivity index (χ1) is 12.9. The van der Waals surface area contributed by atoms with Gasteiger partial charge in [-0.1, -0.05) is 30.3 Å². The zero-order valence-electron chi connectivity index (χ0n) is 15.4. The first-order valence-corrected chi connectivity index (χ1v) is 11.0. The highest BCUT2D eigenvalue weighted by Crippen LogP contribution is 2.33. The summed E-state index contributed by atoms with van der Waals surface area (Å²) in [5.74, 6) is 0.400. The van der Waals surface area contributed by atoms with Gasteiger partial charge in [-0.25, -0.2) is 8.42 Å². The van der Waals surface area contributed by atoms with E-state index in [0.717, 1.165) is 42.5 Å². The molecule has 0 bridgehead atoms. The van der Waals surface area contributed by atoms with E-state index >= 15 is 0 Å². The number of nitrogens with zero attached hydrogens (tertiary/aromatic N) is 1. The number of hydrogen-bond acceptors (Lipinski definition) is 3. The topological polar surface area (TPSA) is 66.5 Å². The molecule has 0 aromatic heterocycles. The van der Waals surface area contributed by atoms with Gasteiger partial charge in [0.2, 0.25) is 15.9 Å². The van der Waals surface area contributed by atoms with Crippen molar-refractivity contribution in [2.24, 2.45) is 5.92 Å². The number of aryl methyl sites for hydroxylation is 1. The Morgan fingerprint density at radius 3 is 2.67 bits per heavy atom. The van der Waals surface area contributed by atoms with Gasteiger partial charge in [-0.3, -0.25) is 9.52 Å². The van der Waals surface area contributed by atoms with Gasteiger partial charge >= 0.3 is 0 Å². The second-order valence-electron chi connectivity index (χ2n) is 7.56. The third-order valence-corrected chi connectivity index (χ3v) is 6.57. The number of carbonyl (C=O) groups is 1. The molecule has 1 aliphatic carbocycles. The van der Waals surface area contributed by atoms with Crippen molar-refractivity contribution in [1.82, 2.24) is 4.90 Å². The van der Waals surface area contributed by atoms with E-state index in [9.17, 15) is 13.2 Å². The molecule has 0 saturated heterocycles. The largest absolute Gasteiger partial charge is 0.338 e. The standard InChI is InChI=1S/C21H24N2O3S/c1-15-4-2-3-5-18(15)14-27(25,26)22-20-9-8-16-10-11-23(13-19(16)12-20)21(24)17-6-7-17/h2-5,8-9,12,17,22H,6-7,10-11,13-14H2,1H3. The quantitative estimate of drug-likeness (QED) is 0.861. The minimum atomic E-state index is -3.50. The normalized spacial score (nSPS) is 16.7. The van der Waals surface area contributed by atoms with Gasteiger partial charge in [-0.2, -0.15) is 0 Å². The lowest BCUT2D eigenvalue weighted by atomic mass is 9.99. The third-order valence-electron chi connectivity index (χ3n) is 5.34. The molecule has 1 amide bonds. The van der Waals surface area contributed by atoms with Crippen molar-refractivity contribution >= 4 is 21.6 Å². The van der Waals surface area contributed by atoms with Crippen LogP contribution in [-0.4, -0.2) is 25.8 Å². The number of hydrogen-bond donors (Lipinski definition) is 1. The summed E-state index contributed by atoms with van der Waals surface area (Å²) in [4.78, 5) is 14.2. The van der Waals surface area contributed by atoms with E-state index in [1.807, 2.05) is 54.3 Å². The maximum atomic E-state index is 12.6. The fraction of sp³-hybridized carbons (Fsp3) is 0.381. The van der Waals surface area contributed by atoms with E-state index in [0.29, 0.717) is 12.2 Å². The van der Waals surface area contributed by atoms with Gasteiger partial charge in [0.1, 0.15) is 0 Å². The molecule has 0 spiro atoms. The van der Waals surface area contributed by atoms with E-state index in [4.69, 9.17) is 0 Å². The van der Waals surface area contributed by atoms with Crippen molar-refractivity contribution in [3.63, 3.8) is 0 Å². The van der Waals surface area contributed by atoms with Gasteiger partial charge in [0.15, 0.2) is 0 Å². The van der Waals surface area contributed by atoms with Crippen molar-refractivity contribution < 1.29 is 13.2 Å². The molecular formula is C21H24N2O3S. The molecule has 6 heteroatoms. The van der Waals surface area contributed by atoms with Gasteiger partial charge in [0, 0.05) is 24.7 Å². The molecule has 1 N–H and O–H groups in total. The fourth-order valence-corrected chi connectivity index (χ4v) is 4.88. The molecule has 0 radical (unpaired) electrons. The van der Waals surface area contributed by atoms with Gasteiger partial charge in [-0.05, 0) is 60.6 Å². The molecular weight excluding hydrogens is 360 g/mol. The number of benzene rings is 2. The number of nitrogens with one attached hydrogen (secondary N) is 1. The Balaban J connectivity index is 1.49. The van der Waals surface area contributed by atoms with Crippen molar-refractivity contribution in [3.8, 4) is 0 Å². The molecule has 0 unspecified atom stereocenters. The predicted octanol–water partition coefficient (Wildman–Crippen LogP) is 3.23. The molecule has 142 valence electrons. The van der Waals surface area contributed by atoms with Crippen LogP contribution in [0.15, 0.2) is 42.5 Å². The van der Waals surface area contributed by atoms with Gasteiger partial charge in [0.05, 0.1) is 5.75 Å². The number of fused-ring (bicyclic) bond motifs is 1. The summed E-state index contributed by atoms with van der Waals surface area (Å²) < 4.78 is 27.9. The Hall–Kier alpha value is -2.34. The lowest BCUT2D eigenvalue weighted by Gasteiger charge is -2.29. The van der Waals surface area contributed by atoms with Crippen molar-refractivity contribution in [2.45, 2.75) is 38.5 Å². The monoisotopic (exact) mass is 384 g/mol. The lowest BCUT2D eigenvalue weighted by molar-refractivity contribution is -0.133. The third kappa shape index (κ3) is 4.16. The molecule has 1 saturated carbocycles. The predicted molar refractivity (Wildman–Crippen MR) is 106 cm³/mol. The molecule has 1 heterocycles. The van der Waals surface area contributed by atoms with E-state index < -0.39 is 10.0 Å². The minimum absolute atomic E-state index is 0.0525. The Morgan fingerprint density at radius 2 is 1.93 bits per heavy atom. The Morgan fingerprint density at radius 1 is 1.15 bits per heavy atom. The van der Waals surface area contributed by atoms with Crippen LogP contribution < -0.4 is 4.72 Å². The van der Waals surface area contributed by atoms with Crippen LogP contribution in [0.5, 0.6) is 0 Å². The molecule has 2 aliphatic rings. The minimum Gasteiger partial charge on any atom is -0.338 e. The van der Waals surface area contributed by atoms with Gasteiger partial charge < -0.3 is 4.90 Å². The molecule has 1 aliphatic heterocycles. The smallest absolute Gasteiger partial charge is 0.236 e. The fourth-order valence-electron chi connectivity index (χ4n) is 3.59. The number of rotatable bonds is 5. The highest BCUT2D eigenvalue weighted by atomic mass is 32.2. The van der Waals surface area contributed by atoms with Crippen molar-refractivity contribution in [2.75, 3.05) is 11.3 Å². The van der Waals surface area contributed by atoms with Crippen LogP contribution in [0.4, 0.5) is 5.69 Å². The summed E-state index contributed by atoms with van der Waals surface area (Å²) in [6.45, 7) is 3.23. The summed E-state index contributed by atoms with van der Waals surface area (Å²) in [5, 5.41) is 0. The summed E-state index contributed by atoms with van der Waals surface area (Å²) in [6, 6.07) is 13.2. The van der Waals surface area contributed by atoms with Gasteiger partial charge in [-0.15, -0.1) is 0 Å². The average molecular weight is 385 g/mol. The Labute approximate surface area is 160 Å². The van der Waals surface area contributed by atoms with Crippen LogP contribution in [-0.2, 0) is 33.5 Å². The Bertz CT molecular complexity index is 981. The molecule has 1 fully saturated rings. The molecule has 4 rings (SSSR count). The van der Waals surface area contributed by atoms with Crippen LogP contribution in [0, 0.1) is 12.8 Å². The van der Waals surface area contributed by atoms with E-state index in [2.05, 4.69) is 4.72 Å². The van der Waals surface area contributed by atoms with Gasteiger partial charge in [0.25, 0.3) is 0 Å². The van der Waals surface area contributed by atoms with Crippen LogP contribution >= 0.6 is 0 Å². The van der Waals surface area contributed by atoms with Crippen molar-refractivity contribution in [1.29, 1.82) is 0 Å². The second-order valence-corrected chi connectivity index (χ2v) is 9.28. The second kappa shape index (κ2) is 7.00. The van der Waals surface area contributed by atoms with E-state index in [-0.39, 0.29) is 17.6 Å². The summed E-state index contributed by atoms with van der Waals surface area (Å²) in [7, 11) is -3.50. The highest BCUT2D eigenvalue weighted by molar-refractivity contribution is 7.91. The Kier molecular flexibility index (Phi) is 4.68. The van der Waals surface area contributed by atoms with Crippen LogP contribution in [0.25, 0.3) is 0 Å². The maximum Gasteiger partial charge on any atom is 0.236 e. The maximum absolute atomic E-state index is 12.6. The van der Waals surface area contributed by atoms with Crippen molar-refractivity contribution in [3.05, 3.63) is 64.7 Å².